The lowest BCUT2D eigenvalue weighted by molar-refractivity contribution is -0.272. The first-order valence-corrected chi connectivity index (χ1v) is 10.5. The zero-order valence-corrected chi connectivity index (χ0v) is 18.2. The maximum atomic E-state index is 13.3. The lowest BCUT2D eigenvalue weighted by Crippen LogP contribution is -2.61. The molecule has 12 nitrogen and oxygen atoms in total. The van der Waals surface area contributed by atoms with Crippen LogP contribution in [0.2, 0.25) is 0 Å². The van der Waals surface area contributed by atoms with Crippen molar-refractivity contribution in [3.63, 3.8) is 0 Å². The molecule has 2 heterocycles. The number of carbonyl (C=O) groups excluding carboxylic acids is 1. The molecule has 0 radical (unpaired) electrons. The summed E-state index contributed by atoms with van der Waals surface area (Å²) in [6, 6.07) is 7.36. The molecule has 1 aromatic heterocycles. The number of benzene rings is 2. The molecule has 35 heavy (non-hydrogen) atoms. The fourth-order valence-corrected chi connectivity index (χ4v) is 3.66. The number of rotatable bonds is 5. The number of carbonyl (C=O) groups is 1. The SMILES string of the molecule is CCOC(=O)C1OC(Oc2c(-c3ccc(O)cc3)oc3cc(O)cc(O)c3c2=O)C(O)C(O)C1O. The van der Waals surface area contributed by atoms with E-state index in [1.54, 1.807) is 0 Å². The van der Waals surface area contributed by atoms with Gasteiger partial charge in [-0.05, 0) is 31.2 Å². The normalized spacial score (nSPS) is 24.3. The van der Waals surface area contributed by atoms with Crippen LogP contribution in [0.3, 0.4) is 0 Å². The van der Waals surface area contributed by atoms with Crippen LogP contribution in [0, 0.1) is 0 Å². The highest BCUT2D eigenvalue weighted by molar-refractivity contribution is 5.88. The fourth-order valence-electron chi connectivity index (χ4n) is 3.66. The third-order valence-electron chi connectivity index (χ3n) is 5.37. The summed E-state index contributed by atoms with van der Waals surface area (Å²) in [5, 5.41) is 60.1. The van der Waals surface area contributed by atoms with Crippen LogP contribution in [0.25, 0.3) is 22.3 Å². The summed E-state index contributed by atoms with van der Waals surface area (Å²) >= 11 is 0. The monoisotopic (exact) mass is 490 g/mol. The number of phenolic OH excluding ortho intramolecular Hbond substituents is 3. The van der Waals surface area contributed by atoms with Gasteiger partial charge in [-0.25, -0.2) is 4.79 Å². The van der Waals surface area contributed by atoms with Gasteiger partial charge in [0.1, 0.15) is 46.5 Å². The van der Waals surface area contributed by atoms with Crippen LogP contribution < -0.4 is 10.2 Å². The second-order valence-corrected chi connectivity index (χ2v) is 7.74. The van der Waals surface area contributed by atoms with E-state index in [2.05, 4.69) is 0 Å². The third-order valence-corrected chi connectivity index (χ3v) is 5.37. The molecule has 12 heteroatoms. The number of fused-ring (bicyclic) bond motifs is 1. The lowest BCUT2D eigenvalue weighted by Gasteiger charge is -2.38. The smallest absolute Gasteiger partial charge is 0.338 e. The Morgan fingerprint density at radius 3 is 2.31 bits per heavy atom. The first-order chi connectivity index (χ1) is 16.6. The Hall–Kier alpha value is -3.84. The minimum atomic E-state index is -1.91. The summed E-state index contributed by atoms with van der Waals surface area (Å²) in [7, 11) is 0. The zero-order chi connectivity index (χ0) is 25.4. The van der Waals surface area contributed by atoms with Gasteiger partial charge in [-0.3, -0.25) is 4.79 Å². The summed E-state index contributed by atoms with van der Waals surface area (Å²) in [6.07, 6.45) is -9.25. The van der Waals surface area contributed by atoms with Crippen molar-refractivity contribution in [2.24, 2.45) is 0 Å². The largest absolute Gasteiger partial charge is 0.508 e. The molecule has 2 aromatic carbocycles. The van der Waals surface area contributed by atoms with Gasteiger partial charge < -0.3 is 49.3 Å². The van der Waals surface area contributed by atoms with Crippen LogP contribution >= 0.6 is 0 Å². The molecular formula is C23H22O12. The summed E-state index contributed by atoms with van der Waals surface area (Å²) in [5.74, 6) is -2.95. The van der Waals surface area contributed by atoms with E-state index in [9.17, 15) is 40.2 Å². The maximum absolute atomic E-state index is 13.3. The first kappa shape index (κ1) is 24.3. The molecule has 0 spiro atoms. The van der Waals surface area contributed by atoms with Crippen molar-refractivity contribution in [1.82, 2.24) is 0 Å². The van der Waals surface area contributed by atoms with Crippen LogP contribution in [-0.4, -0.2) is 73.9 Å². The van der Waals surface area contributed by atoms with Crippen molar-refractivity contribution < 1.29 is 54.1 Å². The Morgan fingerprint density at radius 2 is 1.66 bits per heavy atom. The number of hydrogen-bond acceptors (Lipinski definition) is 12. The van der Waals surface area contributed by atoms with E-state index in [1.165, 1.54) is 31.2 Å². The van der Waals surface area contributed by atoms with Crippen LogP contribution in [-0.2, 0) is 14.3 Å². The maximum Gasteiger partial charge on any atom is 0.338 e. The fraction of sp³-hybridized carbons (Fsp3) is 0.304. The minimum absolute atomic E-state index is 0.0546. The van der Waals surface area contributed by atoms with Gasteiger partial charge in [-0.1, -0.05) is 0 Å². The molecule has 0 amide bonds. The molecule has 1 saturated heterocycles. The average Bonchev–Trinajstić information content (AvgIpc) is 2.80. The summed E-state index contributed by atoms with van der Waals surface area (Å²) in [6.45, 7) is 1.46. The van der Waals surface area contributed by atoms with Crippen LogP contribution in [0.5, 0.6) is 23.0 Å². The van der Waals surface area contributed by atoms with E-state index < -0.39 is 53.6 Å². The predicted molar refractivity (Wildman–Crippen MR) is 117 cm³/mol. The minimum Gasteiger partial charge on any atom is -0.508 e. The van der Waals surface area contributed by atoms with E-state index >= 15 is 0 Å². The number of aliphatic hydroxyl groups excluding tert-OH is 3. The van der Waals surface area contributed by atoms with Crippen molar-refractivity contribution in [3.05, 3.63) is 46.6 Å². The highest BCUT2D eigenvalue weighted by atomic mass is 16.7. The summed E-state index contributed by atoms with van der Waals surface area (Å²) in [5.41, 5.74) is -0.920. The number of hydrogen-bond donors (Lipinski definition) is 6. The summed E-state index contributed by atoms with van der Waals surface area (Å²) < 4.78 is 21.5. The van der Waals surface area contributed by atoms with Gasteiger partial charge in [-0.2, -0.15) is 0 Å². The van der Waals surface area contributed by atoms with Gasteiger partial charge in [0.2, 0.25) is 17.5 Å². The highest BCUT2D eigenvalue weighted by Crippen LogP contribution is 2.37. The van der Waals surface area contributed by atoms with Gasteiger partial charge in [-0.15, -0.1) is 0 Å². The Labute approximate surface area is 196 Å². The lowest BCUT2D eigenvalue weighted by atomic mass is 9.99. The van der Waals surface area contributed by atoms with Crippen molar-refractivity contribution >= 4 is 16.9 Å². The molecule has 0 bridgehead atoms. The molecule has 1 fully saturated rings. The summed E-state index contributed by atoms with van der Waals surface area (Å²) in [4.78, 5) is 25.5. The highest BCUT2D eigenvalue weighted by Gasteiger charge is 2.49. The van der Waals surface area contributed by atoms with Crippen molar-refractivity contribution in [1.29, 1.82) is 0 Å². The number of aliphatic hydroxyl groups is 3. The van der Waals surface area contributed by atoms with Gasteiger partial charge in [0, 0.05) is 17.7 Å². The Bertz CT molecular complexity index is 1300. The number of aromatic hydroxyl groups is 3. The first-order valence-electron chi connectivity index (χ1n) is 10.5. The van der Waals surface area contributed by atoms with Crippen molar-refractivity contribution in [2.75, 3.05) is 6.61 Å². The molecule has 3 aromatic rings. The molecule has 1 aliphatic rings. The standard InChI is InChI=1S/C23H22O12/c1-2-32-22(31)21-17(29)16(28)18(30)23(35-21)34-20-15(27)14-12(26)7-11(25)8-13(14)33-19(20)9-3-5-10(24)6-4-9/h3-8,16-18,21,23-26,28-30H,2H2,1H3. The predicted octanol–water partition coefficient (Wildman–Crippen LogP) is 0.326. The third kappa shape index (κ3) is 4.47. The second kappa shape index (κ2) is 9.43. The van der Waals surface area contributed by atoms with Crippen LogP contribution in [0.15, 0.2) is 45.6 Å². The Kier molecular flexibility index (Phi) is 6.54. The molecule has 186 valence electrons. The quantitative estimate of drug-likeness (QED) is 0.268. The van der Waals surface area contributed by atoms with Gasteiger partial charge >= 0.3 is 5.97 Å². The average molecular weight is 490 g/mol. The second-order valence-electron chi connectivity index (χ2n) is 7.74. The topological polar surface area (TPSA) is 196 Å². The van der Waals surface area contributed by atoms with Crippen molar-refractivity contribution in [3.8, 4) is 34.3 Å². The number of ether oxygens (including phenoxy) is 3. The van der Waals surface area contributed by atoms with E-state index in [-0.39, 0.29) is 40.4 Å². The van der Waals surface area contributed by atoms with Gasteiger partial charge in [0.25, 0.3) is 0 Å². The molecule has 4 rings (SSSR count). The van der Waals surface area contributed by atoms with Crippen molar-refractivity contribution in [2.45, 2.75) is 37.6 Å². The van der Waals surface area contributed by atoms with E-state index in [4.69, 9.17) is 18.6 Å². The van der Waals surface area contributed by atoms with Crippen LogP contribution in [0.4, 0.5) is 0 Å². The molecule has 5 atom stereocenters. The van der Waals surface area contributed by atoms with E-state index in [0.717, 1.165) is 12.1 Å². The van der Waals surface area contributed by atoms with Gasteiger partial charge in [0.05, 0.1) is 6.61 Å². The Balaban J connectivity index is 1.85. The van der Waals surface area contributed by atoms with E-state index in [1.807, 2.05) is 0 Å². The molecule has 0 aliphatic carbocycles. The number of esters is 1. The molecule has 5 unspecified atom stereocenters. The molecular weight excluding hydrogens is 468 g/mol. The van der Waals surface area contributed by atoms with E-state index in [0.29, 0.717) is 0 Å². The number of phenols is 3. The molecule has 1 aliphatic heterocycles. The Morgan fingerprint density at radius 1 is 0.971 bits per heavy atom. The molecule has 0 saturated carbocycles. The zero-order valence-electron chi connectivity index (χ0n) is 18.2. The molecule has 6 N–H and O–H groups in total. The van der Waals surface area contributed by atoms with Gasteiger partial charge in [0.15, 0.2) is 11.9 Å². The van der Waals surface area contributed by atoms with Crippen LogP contribution in [0.1, 0.15) is 6.92 Å².